The van der Waals surface area contributed by atoms with Crippen LogP contribution in [0.1, 0.15) is 5.56 Å². The minimum atomic E-state index is 0.409. The van der Waals surface area contributed by atoms with Crippen molar-refractivity contribution in [3.05, 3.63) is 52.0 Å². The molecular weight excluding hydrogens is 316 g/mol. The van der Waals surface area contributed by atoms with E-state index in [0.717, 1.165) is 16.6 Å². The van der Waals surface area contributed by atoms with Crippen LogP contribution in [-0.4, -0.2) is 19.7 Å². The fourth-order valence-corrected chi connectivity index (χ4v) is 2.69. The first-order valence-electron chi connectivity index (χ1n) is 5.32. The lowest BCUT2D eigenvalue weighted by Gasteiger charge is -2.02. The highest BCUT2D eigenvalue weighted by atomic mass is 79.9. The first-order chi connectivity index (χ1) is 8.75. The third kappa shape index (κ3) is 2.00. The third-order valence-electron chi connectivity index (χ3n) is 2.62. The number of hydrogen-bond donors (Lipinski definition) is 0. The fourth-order valence-electron chi connectivity index (χ4n) is 1.80. The monoisotopic (exact) mass is 322 g/mol. The van der Waals surface area contributed by atoms with Gasteiger partial charge in [0.25, 0.3) is 0 Å². The lowest BCUT2D eigenvalue weighted by molar-refractivity contribution is 0.698. The molecule has 2 aromatic heterocycles. The normalized spacial score (nSPS) is 11.0. The van der Waals surface area contributed by atoms with Crippen molar-refractivity contribution in [1.29, 1.82) is 0 Å². The van der Waals surface area contributed by atoms with Crippen molar-refractivity contribution in [3.8, 4) is 0 Å². The topological polar surface area (TPSA) is 43.6 Å². The van der Waals surface area contributed by atoms with Crippen LogP contribution in [0.4, 0.5) is 0 Å². The van der Waals surface area contributed by atoms with Gasteiger partial charge >= 0.3 is 0 Å². The Bertz CT molecular complexity index is 696. The Balaban J connectivity index is 2.11. The van der Waals surface area contributed by atoms with Crippen LogP contribution >= 0.6 is 27.5 Å². The number of rotatable bonds is 2. The van der Waals surface area contributed by atoms with E-state index in [9.17, 15) is 0 Å². The summed E-state index contributed by atoms with van der Waals surface area (Å²) in [4.78, 5) is 8.19. The maximum Gasteiger partial charge on any atom is 0.164 e. The van der Waals surface area contributed by atoms with Crippen LogP contribution in [0.2, 0.25) is 5.15 Å². The summed E-state index contributed by atoms with van der Waals surface area (Å²) in [6.07, 6.45) is 1.44. The lowest BCUT2D eigenvalue weighted by Crippen LogP contribution is -2.02. The quantitative estimate of drug-likeness (QED) is 0.680. The van der Waals surface area contributed by atoms with Crippen LogP contribution < -0.4 is 0 Å². The first kappa shape index (κ1) is 11.6. The van der Waals surface area contributed by atoms with Gasteiger partial charge in [0.05, 0.1) is 11.9 Å². The number of benzene rings is 1. The van der Waals surface area contributed by atoms with Crippen molar-refractivity contribution in [2.24, 2.45) is 0 Å². The molecule has 0 radical (unpaired) electrons. The van der Waals surface area contributed by atoms with E-state index in [1.807, 2.05) is 35.0 Å². The fraction of sp³-hybridized carbons (Fsp3) is 0.0833. The molecule has 0 amide bonds. The van der Waals surface area contributed by atoms with Crippen molar-refractivity contribution in [2.75, 3.05) is 0 Å². The minimum absolute atomic E-state index is 0.409. The van der Waals surface area contributed by atoms with Gasteiger partial charge in [-0.15, -0.1) is 0 Å². The lowest BCUT2D eigenvalue weighted by atomic mass is 10.2. The Labute approximate surface area is 117 Å². The zero-order valence-corrected chi connectivity index (χ0v) is 11.6. The van der Waals surface area contributed by atoms with Crippen molar-refractivity contribution < 1.29 is 0 Å². The van der Waals surface area contributed by atoms with Gasteiger partial charge in [-0.25, -0.2) is 14.6 Å². The smallest absolute Gasteiger partial charge is 0.164 e. The van der Waals surface area contributed by atoms with Crippen LogP contribution in [0.5, 0.6) is 0 Å². The SMILES string of the molecule is Clc1ncnc2c1c(Br)nn2Cc1ccccc1. The molecule has 3 aromatic rings. The van der Waals surface area contributed by atoms with Crippen LogP contribution in [0.25, 0.3) is 11.0 Å². The summed E-state index contributed by atoms with van der Waals surface area (Å²) >= 11 is 9.43. The number of halogens is 2. The molecule has 0 saturated heterocycles. The van der Waals surface area contributed by atoms with Gasteiger partial charge < -0.3 is 0 Å². The maximum absolute atomic E-state index is 6.04. The van der Waals surface area contributed by atoms with E-state index in [4.69, 9.17) is 11.6 Å². The largest absolute Gasteiger partial charge is 0.242 e. The molecule has 3 rings (SSSR count). The standard InChI is InChI=1S/C12H8BrClN4/c13-10-9-11(14)15-7-16-12(9)18(17-10)6-8-4-2-1-3-5-8/h1-5,7H,6H2. The first-order valence-corrected chi connectivity index (χ1v) is 6.49. The van der Waals surface area contributed by atoms with Gasteiger partial charge in [0.2, 0.25) is 0 Å². The second-order valence-electron chi connectivity index (χ2n) is 3.80. The van der Waals surface area contributed by atoms with Gasteiger partial charge in [-0.2, -0.15) is 5.10 Å². The molecule has 1 aromatic carbocycles. The van der Waals surface area contributed by atoms with Gasteiger partial charge in [-0.05, 0) is 21.5 Å². The van der Waals surface area contributed by atoms with Crippen LogP contribution in [0.15, 0.2) is 41.3 Å². The summed E-state index contributed by atoms with van der Waals surface area (Å²) < 4.78 is 2.47. The molecule has 0 fully saturated rings. The van der Waals surface area contributed by atoms with E-state index < -0.39 is 0 Å². The summed E-state index contributed by atoms with van der Waals surface area (Å²) in [5.74, 6) is 0. The van der Waals surface area contributed by atoms with Crippen molar-refractivity contribution in [3.63, 3.8) is 0 Å². The molecule has 0 bridgehead atoms. The summed E-state index contributed by atoms with van der Waals surface area (Å²) in [6.45, 7) is 0.649. The van der Waals surface area contributed by atoms with Crippen LogP contribution in [-0.2, 0) is 6.54 Å². The molecule has 90 valence electrons. The summed E-state index contributed by atoms with van der Waals surface area (Å²) in [6, 6.07) is 10.1. The number of nitrogens with zero attached hydrogens (tertiary/aromatic N) is 4. The van der Waals surface area contributed by atoms with E-state index in [1.54, 1.807) is 0 Å². The Morgan fingerprint density at radius 2 is 1.94 bits per heavy atom. The summed E-state index contributed by atoms with van der Waals surface area (Å²) in [5.41, 5.74) is 1.88. The average molecular weight is 324 g/mol. The maximum atomic E-state index is 6.04. The number of fused-ring (bicyclic) bond motifs is 1. The predicted octanol–water partition coefficient (Wildman–Crippen LogP) is 3.29. The van der Waals surface area contributed by atoms with Crippen molar-refractivity contribution >= 4 is 38.6 Å². The van der Waals surface area contributed by atoms with Crippen LogP contribution in [0.3, 0.4) is 0 Å². The Kier molecular flexibility index (Phi) is 3.01. The molecule has 0 N–H and O–H groups in total. The molecule has 0 unspecified atom stereocenters. The summed E-state index contributed by atoms with van der Waals surface area (Å²) in [5, 5.41) is 5.55. The molecule has 0 saturated carbocycles. The molecule has 0 aliphatic rings. The van der Waals surface area contributed by atoms with Crippen LogP contribution in [0, 0.1) is 0 Å². The highest BCUT2D eigenvalue weighted by molar-refractivity contribution is 9.10. The van der Waals surface area contributed by atoms with E-state index in [-0.39, 0.29) is 0 Å². The molecule has 2 heterocycles. The zero-order chi connectivity index (χ0) is 12.5. The molecule has 4 nitrogen and oxygen atoms in total. The van der Waals surface area contributed by atoms with E-state index in [1.165, 1.54) is 6.33 Å². The summed E-state index contributed by atoms with van der Waals surface area (Å²) in [7, 11) is 0. The van der Waals surface area contributed by atoms with Gasteiger partial charge in [0.15, 0.2) is 5.65 Å². The van der Waals surface area contributed by atoms with Crippen molar-refractivity contribution in [2.45, 2.75) is 6.54 Å². The molecule has 0 atom stereocenters. The van der Waals surface area contributed by atoms with Gasteiger partial charge in [-0.1, -0.05) is 41.9 Å². The number of hydrogen-bond acceptors (Lipinski definition) is 3. The van der Waals surface area contributed by atoms with E-state index in [2.05, 4.69) is 31.0 Å². The molecule has 0 aliphatic carbocycles. The van der Waals surface area contributed by atoms with Gasteiger partial charge in [-0.3, -0.25) is 0 Å². The Hall–Kier alpha value is -1.46. The van der Waals surface area contributed by atoms with Gasteiger partial charge in [0, 0.05) is 0 Å². The second kappa shape index (κ2) is 4.66. The molecule has 6 heteroatoms. The molecular formula is C12H8BrClN4. The average Bonchev–Trinajstić information content (AvgIpc) is 2.69. The van der Waals surface area contributed by atoms with E-state index in [0.29, 0.717) is 16.3 Å². The third-order valence-corrected chi connectivity index (χ3v) is 3.46. The van der Waals surface area contributed by atoms with Crippen molar-refractivity contribution in [1.82, 2.24) is 19.7 Å². The minimum Gasteiger partial charge on any atom is -0.242 e. The Morgan fingerprint density at radius 1 is 1.17 bits per heavy atom. The molecule has 0 aliphatic heterocycles. The molecule has 0 spiro atoms. The molecule has 18 heavy (non-hydrogen) atoms. The Morgan fingerprint density at radius 3 is 2.72 bits per heavy atom. The second-order valence-corrected chi connectivity index (χ2v) is 4.91. The predicted molar refractivity (Wildman–Crippen MR) is 73.6 cm³/mol. The highest BCUT2D eigenvalue weighted by Crippen LogP contribution is 2.27. The highest BCUT2D eigenvalue weighted by Gasteiger charge is 2.13. The zero-order valence-electron chi connectivity index (χ0n) is 9.22. The number of aromatic nitrogens is 4. The van der Waals surface area contributed by atoms with Gasteiger partial charge in [0.1, 0.15) is 16.1 Å². The van der Waals surface area contributed by atoms with E-state index >= 15 is 0 Å².